The van der Waals surface area contributed by atoms with Crippen molar-refractivity contribution in [3.63, 3.8) is 0 Å². The second-order valence-corrected chi connectivity index (χ2v) is 4.95. The zero-order valence-electron chi connectivity index (χ0n) is 10.7. The molecule has 0 radical (unpaired) electrons. The number of carboxylic acid groups (broad SMARTS) is 1. The van der Waals surface area contributed by atoms with Crippen molar-refractivity contribution in [3.05, 3.63) is 28.8 Å². The van der Waals surface area contributed by atoms with Gasteiger partial charge in [0.15, 0.2) is 0 Å². The molecule has 0 aromatic heterocycles. The van der Waals surface area contributed by atoms with Gasteiger partial charge in [-0.3, -0.25) is 9.59 Å². The maximum Gasteiger partial charge on any atom is 0.329 e. The molecule has 1 unspecified atom stereocenters. The number of nitrogens with zero attached hydrogens (tertiary/aromatic N) is 1. The van der Waals surface area contributed by atoms with Gasteiger partial charge in [0.05, 0.1) is 5.69 Å². The Morgan fingerprint density at radius 2 is 2.15 bits per heavy atom. The molecule has 0 spiro atoms. The first-order valence-corrected chi connectivity index (χ1v) is 6.40. The van der Waals surface area contributed by atoms with Crippen LogP contribution in [0.15, 0.2) is 18.2 Å². The maximum atomic E-state index is 12.1. The molecule has 1 atom stereocenters. The lowest BCUT2D eigenvalue weighted by atomic mass is 10.1. The topological polar surface area (TPSA) is 86.7 Å². The summed E-state index contributed by atoms with van der Waals surface area (Å²) in [6, 6.07) is 3.50. The highest BCUT2D eigenvalue weighted by atomic mass is 35.5. The summed E-state index contributed by atoms with van der Waals surface area (Å²) in [5.74, 6) is -1.47. The molecule has 20 heavy (non-hydrogen) atoms. The molecule has 1 heterocycles. The van der Waals surface area contributed by atoms with Crippen LogP contribution in [-0.4, -0.2) is 29.1 Å². The van der Waals surface area contributed by atoms with Crippen molar-refractivity contribution in [2.24, 2.45) is 0 Å². The van der Waals surface area contributed by atoms with Gasteiger partial charge in [0.25, 0.3) is 5.91 Å². The molecule has 0 saturated carbocycles. The van der Waals surface area contributed by atoms with E-state index in [9.17, 15) is 14.4 Å². The Bertz CT molecular complexity index is 588. The highest BCUT2D eigenvalue weighted by Crippen LogP contribution is 2.26. The first-order chi connectivity index (χ1) is 9.40. The van der Waals surface area contributed by atoms with Crippen LogP contribution in [0.5, 0.6) is 0 Å². The smallest absolute Gasteiger partial charge is 0.329 e. The summed E-state index contributed by atoms with van der Waals surface area (Å²) >= 11 is 5.98. The van der Waals surface area contributed by atoms with Crippen molar-refractivity contribution < 1.29 is 19.5 Å². The average molecular weight is 297 g/mol. The van der Waals surface area contributed by atoms with E-state index in [0.717, 1.165) is 10.5 Å². The third-order valence-electron chi connectivity index (χ3n) is 3.08. The van der Waals surface area contributed by atoms with Gasteiger partial charge in [-0.2, -0.15) is 0 Å². The third kappa shape index (κ3) is 2.75. The number of anilines is 1. The summed E-state index contributed by atoms with van der Waals surface area (Å²) in [5, 5.41) is 11.5. The molecule has 0 bridgehead atoms. The minimum Gasteiger partial charge on any atom is -0.481 e. The molecule has 1 saturated heterocycles. The molecule has 1 aromatic rings. The molecule has 1 fully saturated rings. The van der Waals surface area contributed by atoms with Gasteiger partial charge in [0, 0.05) is 11.4 Å². The Balaban J connectivity index is 2.20. The number of aliphatic carboxylic acids is 1. The number of imide groups is 1. The molecule has 1 aliphatic heterocycles. The molecular formula is C13H13ClN2O4. The molecule has 1 aromatic carbocycles. The van der Waals surface area contributed by atoms with Gasteiger partial charge in [-0.05, 0) is 31.0 Å². The minimum atomic E-state index is -1.01. The van der Waals surface area contributed by atoms with Gasteiger partial charge >= 0.3 is 12.0 Å². The van der Waals surface area contributed by atoms with Crippen LogP contribution in [0.25, 0.3) is 0 Å². The second-order valence-electron chi connectivity index (χ2n) is 4.54. The summed E-state index contributed by atoms with van der Waals surface area (Å²) in [4.78, 5) is 35.5. The number of hydrogen-bond donors (Lipinski definition) is 2. The Hall–Kier alpha value is -2.08. The van der Waals surface area contributed by atoms with Crippen molar-refractivity contribution in [2.75, 3.05) is 4.90 Å². The van der Waals surface area contributed by atoms with Crippen LogP contribution < -0.4 is 10.2 Å². The standard InChI is InChI=1S/C13H13ClN2O4/c1-7-2-3-8(6-9(7)14)16-12(19)10(15-13(16)20)4-5-11(17)18/h2-3,6,10H,4-5H2,1H3,(H,15,20)(H,17,18). The molecule has 2 rings (SSSR count). The predicted octanol–water partition coefficient (Wildman–Crippen LogP) is 1.94. The van der Waals surface area contributed by atoms with Crippen molar-refractivity contribution in [3.8, 4) is 0 Å². The van der Waals surface area contributed by atoms with Crippen molar-refractivity contribution in [1.29, 1.82) is 0 Å². The minimum absolute atomic E-state index is 0.0655. The monoisotopic (exact) mass is 296 g/mol. The fourth-order valence-electron chi connectivity index (χ4n) is 1.96. The molecule has 6 nitrogen and oxygen atoms in total. The highest BCUT2D eigenvalue weighted by Gasteiger charge is 2.39. The van der Waals surface area contributed by atoms with E-state index in [1.165, 1.54) is 6.07 Å². The van der Waals surface area contributed by atoms with E-state index in [1.807, 2.05) is 6.92 Å². The summed E-state index contributed by atoms with van der Waals surface area (Å²) in [5.41, 5.74) is 1.21. The Morgan fingerprint density at radius 1 is 1.45 bits per heavy atom. The number of rotatable bonds is 4. The van der Waals surface area contributed by atoms with E-state index in [-0.39, 0.29) is 12.8 Å². The van der Waals surface area contributed by atoms with Gasteiger partial charge in [-0.1, -0.05) is 17.7 Å². The normalized spacial score (nSPS) is 18.3. The number of nitrogens with one attached hydrogen (secondary N) is 1. The average Bonchev–Trinajstić information content (AvgIpc) is 2.65. The molecule has 0 aliphatic carbocycles. The molecule has 7 heteroatoms. The van der Waals surface area contributed by atoms with E-state index in [1.54, 1.807) is 12.1 Å². The first-order valence-electron chi connectivity index (χ1n) is 6.02. The number of urea groups is 1. The lowest BCUT2D eigenvalue weighted by Crippen LogP contribution is -2.31. The zero-order chi connectivity index (χ0) is 14.9. The molecule has 3 amide bonds. The van der Waals surface area contributed by atoms with Crippen LogP contribution in [0.1, 0.15) is 18.4 Å². The highest BCUT2D eigenvalue weighted by molar-refractivity contribution is 6.32. The van der Waals surface area contributed by atoms with E-state index < -0.39 is 23.9 Å². The lowest BCUT2D eigenvalue weighted by molar-refractivity contribution is -0.137. The Morgan fingerprint density at radius 3 is 2.75 bits per heavy atom. The number of hydrogen-bond acceptors (Lipinski definition) is 3. The van der Waals surface area contributed by atoms with E-state index in [0.29, 0.717) is 10.7 Å². The number of carbonyl (C=O) groups is 3. The third-order valence-corrected chi connectivity index (χ3v) is 3.49. The predicted molar refractivity (Wildman–Crippen MR) is 72.9 cm³/mol. The fraction of sp³-hybridized carbons (Fsp3) is 0.308. The molecule has 106 valence electrons. The van der Waals surface area contributed by atoms with Crippen molar-refractivity contribution in [1.82, 2.24) is 5.32 Å². The number of aryl methyl sites for hydroxylation is 1. The number of halogens is 1. The van der Waals surface area contributed by atoms with Crippen molar-refractivity contribution in [2.45, 2.75) is 25.8 Å². The summed E-state index contributed by atoms with van der Waals surface area (Å²) in [6.07, 6.45) is -0.116. The molecule has 1 aliphatic rings. The summed E-state index contributed by atoms with van der Waals surface area (Å²) in [7, 11) is 0. The van der Waals surface area contributed by atoms with Crippen LogP contribution in [0.3, 0.4) is 0 Å². The van der Waals surface area contributed by atoms with E-state index in [2.05, 4.69) is 5.32 Å². The number of amides is 3. The van der Waals surface area contributed by atoms with Gasteiger partial charge in [-0.15, -0.1) is 0 Å². The molecular weight excluding hydrogens is 284 g/mol. The van der Waals surface area contributed by atoms with E-state index in [4.69, 9.17) is 16.7 Å². The van der Waals surface area contributed by atoms with Crippen LogP contribution >= 0.6 is 11.6 Å². The van der Waals surface area contributed by atoms with Crippen LogP contribution in [0, 0.1) is 6.92 Å². The summed E-state index contributed by atoms with van der Waals surface area (Å²) < 4.78 is 0. The SMILES string of the molecule is Cc1ccc(N2C(=O)NC(CCC(=O)O)C2=O)cc1Cl. The summed E-state index contributed by atoms with van der Waals surface area (Å²) in [6.45, 7) is 1.81. The largest absolute Gasteiger partial charge is 0.481 e. The quantitative estimate of drug-likeness (QED) is 0.831. The van der Waals surface area contributed by atoms with Crippen LogP contribution in [0.4, 0.5) is 10.5 Å². The molecule has 2 N–H and O–H groups in total. The van der Waals surface area contributed by atoms with E-state index >= 15 is 0 Å². The van der Waals surface area contributed by atoms with Crippen molar-refractivity contribution >= 4 is 35.2 Å². The van der Waals surface area contributed by atoms with Gasteiger partial charge in [-0.25, -0.2) is 9.69 Å². The van der Waals surface area contributed by atoms with Crippen LogP contribution in [-0.2, 0) is 9.59 Å². The fourth-order valence-corrected chi connectivity index (χ4v) is 2.13. The zero-order valence-corrected chi connectivity index (χ0v) is 11.5. The maximum absolute atomic E-state index is 12.1. The second kappa shape index (κ2) is 5.50. The number of benzene rings is 1. The number of carbonyl (C=O) groups excluding carboxylic acids is 2. The van der Waals surface area contributed by atoms with Gasteiger partial charge in [0.2, 0.25) is 0 Å². The Labute approximate surface area is 120 Å². The van der Waals surface area contributed by atoms with Gasteiger partial charge in [0.1, 0.15) is 6.04 Å². The number of carboxylic acids is 1. The first kappa shape index (κ1) is 14.3. The lowest BCUT2D eigenvalue weighted by Gasteiger charge is -2.14. The van der Waals surface area contributed by atoms with Crippen LogP contribution in [0.2, 0.25) is 5.02 Å². The Kier molecular flexibility index (Phi) is 3.94. The van der Waals surface area contributed by atoms with Gasteiger partial charge < -0.3 is 10.4 Å².